The third kappa shape index (κ3) is 2.91. The zero-order chi connectivity index (χ0) is 14.8. The van der Waals surface area contributed by atoms with Crippen LogP contribution in [-0.4, -0.2) is 63.1 Å². The number of nitrogens with zero attached hydrogens (tertiary/aromatic N) is 5. The Balaban J connectivity index is 1.63. The Hall–Kier alpha value is -1.92. The molecule has 114 valence electrons. The van der Waals surface area contributed by atoms with Gasteiger partial charge >= 0.3 is 0 Å². The number of amides is 2. The fraction of sp³-hybridized carbons (Fsp3) is 0.714. The van der Waals surface area contributed by atoms with E-state index in [0.717, 1.165) is 25.8 Å². The van der Waals surface area contributed by atoms with Crippen molar-refractivity contribution in [1.82, 2.24) is 24.6 Å². The van der Waals surface area contributed by atoms with E-state index in [0.29, 0.717) is 19.5 Å². The summed E-state index contributed by atoms with van der Waals surface area (Å²) in [6.07, 6.45) is 6.33. The first kappa shape index (κ1) is 14.0. The van der Waals surface area contributed by atoms with E-state index in [1.54, 1.807) is 18.3 Å². The minimum atomic E-state index is -0.150. The molecule has 2 fully saturated rings. The number of aromatic nitrogens is 3. The molecule has 0 N–H and O–H groups in total. The van der Waals surface area contributed by atoms with Gasteiger partial charge in [-0.05, 0) is 19.3 Å². The van der Waals surface area contributed by atoms with Gasteiger partial charge in [0.15, 0.2) is 0 Å². The Morgan fingerprint density at radius 2 is 2.19 bits per heavy atom. The maximum Gasteiger partial charge on any atom is 0.226 e. The average Bonchev–Trinajstić information content (AvgIpc) is 3.04. The molecule has 0 aromatic carbocycles. The van der Waals surface area contributed by atoms with Crippen LogP contribution >= 0.6 is 0 Å². The standard InChI is InChI=1S/C14H21N5O2/c1-17-6-4-11(7-13(17)20)14(21)18-5-2-3-12(8-18)19-10-15-9-16-19/h9-12H,2-8H2,1H3/t11-,12-/m1/s1. The molecule has 2 amide bonds. The lowest BCUT2D eigenvalue weighted by atomic mass is 9.93. The monoisotopic (exact) mass is 291 g/mol. The average molecular weight is 291 g/mol. The van der Waals surface area contributed by atoms with Crippen molar-refractivity contribution < 1.29 is 9.59 Å². The molecule has 1 aromatic heterocycles. The lowest BCUT2D eigenvalue weighted by Crippen LogP contribution is -2.47. The summed E-state index contributed by atoms with van der Waals surface area (Å²) < 4.78 is 1.83. The molecule has 1 aromatic rings. The van der Waals surface area contributed by atoms with E-state index < -0.39 is 0 Å². The molecule has 0 radical (unpaired) electrons. The molecule has 3 heterocycles. The minimum Gasteiger partial charge on any atom is -0.346 e. The molecular weight excluding hydrogens is 270 g/mol. The molecule has 21 heavy (non-hydrogen) atoms. The SMILES string of the molecule is CN1CC[C@@H](C(=O)N2CCC[C@@H](n3cncn3)C2)CC1=O. The van der Waals surface area contributed by atoms with Gasteiger partial charge in [0.1, 0.15) is 12.7 Å². The summed E-state index contributed by atoms with van der Waals surface area (Å²) in [5, 5.41) is 4.17. The number of hydrogen-bond acceptors (Lipinski definition) is 4. The lowest BCUT2D eigenvalue weighted by molar-refractivity contribution is -0.145. The van der Waals surface area contributed by atoms with Gasteiger partial charge in [-0.25, -0.2) is 9.67 Å². The maximum atomic E-state index is 12.6. The normalized spacial score (nSPS) is 27.0. The highest BCUT2D eigenvalue weighted by atomic mass is 16.2. The van der Waals surface area contributed by atoms with Crippen molar-refractivity contribution >= 4 is 11.8 Å². The summed E-state index contributed by atoms with van der Waals surface area (Å²) in [4.78, 5) is 32.0. The van der Waals surface area contributed by atoms with Crippen LogP contribution in [0.4, 0.5) is 0 Å². The Morgan fingerprint density at radius 1 is 1.33 bits per heavy atom. The third-order valence-corrected chi connectivity index (χ3v) is 4.53. The summed E-state index contributed by atoms with van der Waals surface area (Å²) in [6, 6.07) is 0.201. The smallest absolute Gasteiger partial charge is 0.226 e. The molecule has 7 nitrogen and oxygen atoms in total. The van der Waals surface area contributed by atoms with Gasteiger partial charge in [0, 0.05) is 39.0 Å². The molecule has 2 atom stereocenters. The van der Waals surface area contributed by atoms with Gasteiger partial charge in [-0.3, -0.25) is 9.59 Å². The van der Waals surface area contributed by atoms with E-state index >= 15 is 0 Å². The van der Waals surface area contributed by atoms with Crippen LogP contribution in [-0.2, 0) is 9.59 Å². The zero-order valence-electron chi connectivity index (χ0n) is 12.3. The predicted molar refractivity (Wildman–Crippen MR) is 75.2 cm³/mol. The molecular formula is C14H21N5O2. The van der Waals surface area contributed by atoms with Crippen LogP contribution in [0.5, 0.6) is 0 Å². The molecule has 2 aliphatic heterocycles. The quantitative estimate of drug-likeness (QED) is 0.786. The van der Waals surface area contributed by atoms with Crippen molar-refractivity contribution in [3.63, 3.8) is 0 Å². The summed E-state index contributed by atoms with van der Waals surface area (Å²) in [7, 11) is 1.80. The summed E-state index contributed by atoms with van der Waals surface area (Å²) in [5.41, 5.74) is 0. The Morgan fingerprint density at radius 3 is 2.90 bits per heavy atom. The van der Waals surface area contributed by atoms with Crippen LogP contribution in [0.15, 0.2) is 12.7 Å². The summed E-state index contributed by atoms with van der Waals surface area (Å²) >= 11 is 0. The fourth-order valence-electron chi connectivity index (χ4n) is 3.19. The predicted octanol–water partition coefficient (Wildman–Crippen LogP) is 0.310. The zero-order valence-corrected chi connectivity index (χ0v) is 12.3. The van der Waals surface area contributed by atoms with Crippen molar-refractivity contribution in [2.24, 2.45) is 5.92 Å². The number of rotatable bonds is 2. The Labute approximate surface area is 123 Å². The highest BCUT2D eigenvalue weighted by Crippen LogP contribution is 2.25. The number of hydrogen-bond donors (Lipinski definition) is 0. The van der Waals surface area contributed by atoms with Gasteiger partial charge in [-0.2, -0.15) is 5.10 Å². The summed E-state index contributed by atoms with van der Waals surface area (Å²) in [6.45, 7) is 2.13. The number of likely N-dealkylation sites (tertiary alicyclic amines) is 2. The van der Waals surface area contributed by atoms with Crippen molar-refractivity contribution in [3.05, 3.63) is 12.7 Å². The van der Waals surface area contributed by atoms with E-state index in [1.165, 1.54) is 6.33 Å². The Kier molecular flexibility index (Phi) is 3.90. The molecule has 0 saturated carbocycles. The van der Waals surface area contributed by atoms with Gasteiger partial charge in [-0.15, -0.1) is 0 Å². The first-order valence-corrected chi connectivity index (χ1v) is 7.52. The van der Waals surface area contributed by atoms with E-state index in [1.807, 2.05) is 9.58 Å². The van der Waals surface area contributed by atoms with Gasteiger partial charge < -0.3 is 9.80 Å². The highest BCUT2D eigenvalue weighted by Gasteiger charge is 2.34. The summed E-state index contributed by atoms with van der Waals surface area (Å²) in [5.74, 6) is 0.0499. The molecule has 0 spiro atoms. The number of piperidine rings is 2. The van der Waals surface area contributed by atoms with Gasteiger partial charge in [0.25, 0.3) is 0 Å². The number of carbonyl (C=O) groups excluding carboxylic acids is 2. The van der Waals surface area contributed by atoms with Gasteiger partial charge in [-0.1, -0.05) is 0 Å². The maximum absolute atomic E-state index is 12.6. The van der Waals surface area contributed by atoms with Crippen LogP contribution < -0.4 is 0 Å². The van der Waals surface area contributed by atoms with E-state index in [-0.39, 0.29) is 23.8 Å². The molecule has 2 saturated heterocycles. The fourth-order valence-corrected chi connectivity index (χ4v) is 3.19. The minimum absolute atomic E-state index is 0.0736. The van der Waals surface area contributed by atoms with Crippen LogP contribution in [0.1, 0.15) is 31.7 Å². The van der Waals surface area contributed by atoms with Crippen LogP contribution in [0.2, 0.25) is 0 Å². The second kappa shape index (κ2) is 5.83. The first-order chi connectivity index (χ1) is 10.1. The van der Waals surface area contributed by atoms with Crippen molar-refractivity contribution in [1.29, 1.82) is 0 Å². The van der Waals surface area contributed by atoms with Gasteiger partial charge in [0.05, 0.1) is 6.04 Å². The topological polar surface area (TPSA) is 71.3 Å². The lowest BCUT2D eigenvalue weighted by Gasteiger charge is -2.36. The van der Waals surface area contributed by atoms with Crippen molar-refractivity contribution in [3.8, 4) is 0 Å². The molecule has 0 bridgehead atoms. The van der Waals surface area contributed by atoms with E-state index in [4.69, 9.17) is 0 Å². The number of carbonyl (C=O) groups is 2. The van der Waals surface area contributed by atoms with Crippen LogP contribution in [0, 0.1) is 5.92 Å². The Bertz CT molecular complexity index is 515. The van der Waals surface area contributed by atoms with Gasteiger partial charge in [0.2, 0.25) is 11.8 Å². The van der Waals surface area contributed by atoms with Crippen molar-refractivity contribution in [2.45, 2.75) is 31.7 Å². The van der Waals surface area contributed by atoms with E-state index in [2.05, 4.69) is 10.1 Å². The molecule has 3 rings (SSSR count). The van der Waals surface area contributed by atoms with Crippen LogP contribution in [0.25, 0.3) is 0 Å². The molecule has 0 unspecified atom stereocenters. The highest BCUT2D eigenvalue weighted by molar-refractivity contribution is 5.87. The van der Waals surface area contributed by atoms with Crippen molar-refractivity contribution in [2.75, 3.05) is 26.7 Å². The molecule has 2 aliphatic rings. The van der Waals surface area contributed by atoms with Crippen LogP contribution in [0.3, 0.4) is 0 Å². The largest absolute Gasteiger partial charge is 0.346 e. The second-order valence-corrected chi connectivity index (χ2v) is 5.96. The first-order valence-electron chi connectivity index (χ1n) is 7.52. The molecule has 7 heteroatoms. The molecule has 0 aliphatic carbocycles. The van der Waals surface area contributed by atoms with E-state index in [9.17, 15) is 9.59 Å². The third-order valence-electron chi connectivity index (χ3n) is 4.53. The second-order valence-electron chi connectivity index (χ2n) is 5.96.